The van der Waals surface area contributed by atoms with E-state index in [0.29, 0.717) is 35.9 Å². The van der Waals surface area contributed by atoms with Gasteiger partial charge in [-0.15, -0.1) is 0 Å². The van der Waals surface area contributed by atoms with E-state index in [-0.39, 0.29) is 36.1 Å². The van der Waals surface area contributed by atoms with Gasteiger partial charge in [0, 0.05) is 37.1 Å². The van der Waals surface area contributed by atoms with Crippen molar-refractivity contribution in [3.05, 3.63) is 126 Å². The first-order valence-electron chi connectivity index (χ1n) is 14.2. The van der Waals surface area contributed by atoms with Crippen LogP contribution in [0.2, 0.25) is 0 Å². The molecule has 2 aliphatic rings. The Morgan fingerprint density at radius 3 is 2.28 bits per heavy atom. The first-order valence-corrected chi connectivity index (χ1v) is 15.9. The number of anilines is 1. The van der Waals surface area contributed by atoms with E-state index in [1.165, 1.54) is 0 Å². The zero-order valence-electron chi connectivity index (χ0n) is 23.5. The Morgan fingerprint density at radius 2 is 1.56 bits per heavy atom. The fourth-order valence-electron chi connectivity index (χ4n) is 5.63. The van der Waals surface area contributed by atoms with Crippen molar-refractivity contribution in [3.63, 3.8) is 0 Å². The van der Waals surface area contributed by atoms with Crippen molar-refractivity contribution in [1.82, 2.24) is 0 Å². The van der Waals surface area contributed by atoms with Gasteiger partial charge in [0.1, 0.15) is 5.75 Å². The van der Waals surface area contributed by atoms with Gasteiger partial charge in [-0.2, -0.15) is 0 Å². The van der Waals surface area contributed by atoms with Crippen LogP contribution < -0.4 is 9.64 Å². The quantitative estimate of drug-likeness (QED) is 0.250. The lowest BCUT2D eigenvalue weighted by Gasteiger charge is -2.41. The van der Waals surface area contributed by atoms with Crippen molar-refractivity contribution < 1.29 is 27.8 Å². The van der Waals surface area contributed by atoms with Crippen LogP contribution in [-0.4, -0.2) is 56.4 Å². The van der Waals surface area contributed by atoms with Gasteiger partial charge in [0.05, 0.1) is 22.9 Å². The average molecular weight is 597 g/mol. The number of amides is 1. The number of aliphatic hydroxyl groups is 1. The van der Waals surface area contributed by atoms with Gasteiger partial charge in [0.15, 0.2) is 21.5 Å². The Morgan fingerprint density at radius 1 is 0.884 bits per heavy atom. The summed E-state index contributed by atoms with van der Waals surface area (Å²) in [7, 11) is -3.64. The molecule has 1 N–H and O–H groups in total. The molecule has 9 heteroatoms. The third-order valence-corrected chi connectivity index (χ3v) is 9.48. The molecule has 8 nitrogen and oxygen atoms in total. The number of fused-ring (bicyclic) bond motifs is 3. The third-order valence-electron chi connectivity index (χ3n) is 7.76. The molecule has 0 spiro atoms. The van der Waals surface area contributed by atoms with E-state index in [0.717, 1.165) is 11.1 Å². The van der Waals surface area contributed by atoms with Crippen molar-refractivity contribution in [1.29, 1.82) is 0 Å². The fourth-order valence-corrected chi connectivity index (χ4v) is 6.86. The molecule has 0 fully saturated rings. The highest BCUT2D eigenvalue weighted by Gasteiger charge is 2.58. The zero-order valence-corrected chi connectivity index (χ0v) is 24.3. The second kappa shape index (κ2) is 12.0. The highest BCUT2D eigenvalue weighted by Crippen LogP contribution is 2.50. The molecule has 43 heavy (non-hydrogen) atoms. The van der Waals surface area contributed by atoms with Crippen molar-refractivity contribution in [3.8, 4) is 5.75 Å². The number of nitrogens with zero attached hydrogens (tertiary/aromatic N) is 2. The Balaban J connectivity index is 1.38. The number of rotatable bonds is 11. The number of ether oxygens (including phenoxy) is 2. The van der Waals surface area contributed by atoms with Crippen molar-refractivity contribution >= 4 is 27.3 Å². The summed E-state index contributed by atoms with van der Waals surface area (Å²) in [6.07, 6.45) is 0.111. The molecule has 4 aromatic rings. The molecule has 0 saturated carbocycles. The van der Waals surface area contributed by atoms with Gasteiger partial charge in [0.2, 0.25) is 5.90 Å². The highest BCUT2D eigenvalue weighted by atomic mass is 32.2. The maximum atomic E-state index is 14.6. The van der Waals surface area contributed by atoms with Crippen LogP contribution in [-0.2, 0) is 25.8 Å². The Kier molecular flexibility index (Phi) is 8.01. The Labute approximate surface area is 251 Å². The monoisotopic (exact) mass is 596 g/mol. The molecule has 6 rings (SSSR count). The Hall–Kier alpha value is -4.47. The predicted molar refractivity (Wildman–Crippen MR) is 164 cm³/mol. The van der Waals surface area contributed by atoms with E-state index in [1.807, 2.05) is 66.7 Å². The summed E-state index contributed by atoms with van der Waals surface area (Å²) in [6, 6.07) is 32.7. The minimum atomic E-state index is -3.64. The minimum Gasteiger partial charge on any atom is -0.494 e. The standard InChI is InChI=1S/C34H32N2O6S/c37-21-9-22-41-27-18-16-26(17-19-27)32-35-34(24-25-10-3-1-4-11-25)31(42-32)29-14-7-8-15-30(29)36(33(34)38)20-23-43(39,40)28-12-5-2-6-13-28/h1-8,10-19,31,37H,9,20-24H2/t31-,34-/m0/s1. The molecule has 1 amide bonds. The van der Waals surface area contributed by atoms with E-state index >= 15 is 0 Å². The van der Waals surface area contributed by atoms with Gasteiger partial charge in [-0.3, -0.25) is 4.79 Å². The highest BCUT2D eigenvalue weighted by molar-refractivity contribution is 7.91. The topological polar surface area (TPSA) is 106 Å². The number of para-hydroxylation sites is 1. The summed E-state index contributed by atoms with van der Waals surface area (Å²) in [4.78, 5) is 21.4. The summed E-state index contributed by atoms with van der Waals surface area (Å²) in [5.74, 6) is 0.449. The molecule has 0 aromatic heterocycles. The van der Waals surface area contributed by atoms with Crippen molar-refractivity contribution in [2.75, 3.05) is 30.4 Å². The number of hydrogen-bond acceptors (Lipinski definition) is 7. The fraction of sp³-hybridized carbons (Fsp3) is 0.235. The lowest BCUT2D eigenvalue weighted by molar-refractivity contribution is -0.127. The second-order valence-electron chi connectivity index (χ2n) is 10.6. The molecule has 0 saturated heterocycles. The third kappa shape index (κ3) is 5.66. The number of hydrogen-bond donors (Lipinski definition) is 1. The maximum absolute atomic E-state index is 14.6. The number of carbonyl (C=O) groups is 1. The molecular formula is C34H32N2O6S. The SMILES string of the molecule is O=C1N(CCS(=O)(=O)c2ccccc2)c2ccccc2[C@@H]2OC(c3ccc(OCCCO)cc3)=N[C@]12Cc1ccccc1. The van der Waals surface area contributed by atoms with Gasteiger partial charge in [-0.25, -0.2) is 13.4 Å². The van der Waals surface area contributed by atoms with Crippen LogP contribution in [0.4, 0.5) is 5.69 Å². The molecule has 0 aliphatic carbocycles. The normalized spacial score (nSPS) is 19.3. The first kappa shape index (κ1) is 28.6. The number of benzene rings is 4. The second-order valence-corrected chi connectivity index (χ2v) is 12.7. The minimum absolute atomic E-state index is 0.0267. The molecule has 4 aromatic carbocycles. The largest absolute Gasteiger partial charge is 0.494 e. The van der Waals surface area contributed by atoms with Crippen LogP contribution in [0.5, 0.6) is 5.75 Å². The van der Waals surface area contributed by atoms with Crippen LogP contribution in [0.25, 0.3) is 0 Å². The summed E-state index contributed by atoms with van der Waals surface area (Å²) >= 11 is 0. The summed E-state index contributed by atoms with van der Waals surface area (Å²) < 4.78 is 38.7. The molecule has 0 bridgehead atoms. The zero-order chi connectivity index (χ0) is 29.9. The molecule has 2 heterocycles. The summed E-state index contributed by atoms with van der Waals surface area (Å²) in [5, 5.41) is 9.03. The van der Waals surface area contributed by atoms with Crippen LogP contribution in [0.3, 0.4) is 0 Å². The van der Waals surface area contributed by atoms with Gasteiger partial charge in [-0.1, -0.05) is 66.7 Å². The number of aliphatic hydroxyl groups excluding tert-OH is 1. The Bertz CT molecular complexity index is 1730. The number of carbonyl (C=O) groups excluding carboxylic acids is 1. The smallest absolute Gasteiger partial charge is 0.259 e. The van der Waals surface area contributed by atoms with Crippen LogP contribution in [0.1, 0.15) is 29.2 Å². The molecule has 0 unspecified atom stereocenters. The van der Waals surface area contributed by atoms with Gasteiger partial charge >= 0.3 is 0 Å². The van der Waals surface area contributed by atoms with Crippen LogP contribution in [0, 0.1) is 0 Å². The molecule has 220 valence electrons. The van der Waals surface area contributed by atoms with Crippen molar-refractivity contribution in [2.24, 2.45) is 4.99 Å². The molecule has 2 atom stereocenters. The first-order chi connectivity index (χ1) is 20.9. The van der Waals surface area contributed by atoms with Gasteiger partial charge < -0.3 is 19.5 Å². The van der Waals surface area contributed by atoms with E-state index in [2.05, 4.69) is 0 Å². The maximum Gasteiger partial charge on any atom is 0.259 e. The van der Waals surface area contributed by atoms with E-state index in [4.69, 9.17) is 19.6 Å². The summed E-state index contributed by atoms with van der Waals surface area (Å²) in [5.41, 5.74) is 1.67. The van der Waals surface area contributed by atoms with Crippen LogP contribution in [0.15, 0.2) is 119 Å². The average Bonchev–Trinajstić information content (AvgIpc) is 3.43. The summed E-state index contributed by atoms with van der Waals surface area (Å²) in [6.45, 7) is 0.427. The molecular weight excluding hydrogens is 564 g/mol. The van der Waals surface area contributed by atoms with Gasteiger partial charge in [0.25, 0.3) is 5.91 Å². The lowest BCUT2D eigenvalue weighted by atomic mass is 9.78. The lowest BCUT2D eigenvalue weighted by Crippen LogP contribution is -2.56. The van der Waals surface area contributed by atoms with E-state index in [1.54, 1.807) is 47.4 Å². The van der Waals surface area contributed by atoms with Crippen molar-refractivity contribution in [2.45, 2.75) is 29.4 Å². The van der Waals surface area contributed by atoms with Gasteiger partial charge in [-0.05, 0) is 48.0 Å². The van der Waals surface area contributed by atoms with E-state index in [9.17, 15) is 13.2 Å². The van der Waals surface area contributed by atoms with Crippen LogP contribution >= 0.6 is 0 Å². The number of sulfone groups is 1. The predicted octanol–water partition coefficient (Wildman–Crippen LogP) is 4.77. The number of aliphatic imine (C=N–C) groups is 1. The molecule has 2 aliphatic heterocycles. The molecule has 0 radical (unpaired) electrons. The van der Waals surface area contributed by atoms with E-state index < -0.39 is 21.5 Å².